The van der Waals surface area contributed by atoms with Crippen LogP contribution < -0.4 is 10.0 Å². The van der Waals surface area contributed by atoms with Crippen LogP contribution in [0.3, 0.4) is 0 Å². The number of thiazole rings is 1. The van der Waals surface area contributed by atoms with E-state index in [1.54, 1.807) is 0 Å². The number of nitrogens with one attached hydrogen (secondary N) is 3. The van der Waals surface area contributed by atoms with E-state index in [1.165, 1.54) is 17.5 Å². The predicted molar refractivity (Wildman–Crippen MR) is 83.0 cm³/mol. The number of sulfonamides is 1. The summed E-state index contributed by atoms with van der Waals surface area (Å²) in [5, 5.41) is 11.7. The van der Waals surface area contributed by atoms with E-state index < -0.39 is 10.0 Å². The van der Waals surface area contributed by atoms with Gasteiger partial charge >= 0.3 is 0 Å². The monoisotopic (exact) mass is 329 g/mol. The summed E-state index contributed by atoms with van der Waals surface area (Å²) >= 11 is 1.27. The summed E-state index contributed by atoms with van der Waals surface area (Å²) in [6, 6.07) is 0. The molecule has 0 fully saturated rings. The van der Waals surface area contributed by atoms with Crippen LogP contribution in [0.5, 0.6) is 0 Å². The van der Waals surface area contributed by atoms with Crippen molar-refractivity contribution in [2.24, 2.45) is 0 Å². The van der Waals surface area contributed by atoms with Gasteiger partial charge in [0, 0.05) is 17.5 Å². The molecule has 2 heterocycles. The fourth-order valence-corrected chi connectivity index (χ4v) is 3.94. The predicted octanol–water partition coefficient (Wildman–Crippen LogP) is 1.90. The summed E-state index contributed by atoms with van der Waals surface area (Å²) in [6.45, 7) is 7.17. The van der Waals surface area contributed by atoms with Crippen LogP contribution in [-0.2, 0) is 16.6 Å². The number of rotatable bonds is 7. The second-order valence-corrected chi connectivity index (χ2v) is 7.32. The van der Waals surface area contributed by atoms with Crippen LogP contribution in [0.4, 0.5) is 5.13 Å². The van der Waals surface area contributed by atoms with Gasteiger partial charge in [-0.15, -0.1) is 11.3 Å². The number of aromatic amines is 1. The first-order chi connectivity index (χ1) is 9.94. The van der Waals surface area contributed by atoms with Gasteiger partial charge in [0.05, 0.1) is 11.9 Å². The van der Waals surface area contributed by atoms with E-state index in [2.05, 4.69) is 25.2 Å². The molecule has 0 unspecified atom stereocenters. The smallest absolute Gasteiger partial charge is 0.280 e. The molecule has 0 radical (unpaired) electrons. The van der Waals surface area contributed by atoms with Gasteiger partial charge in [0.25, 0.3) is 10.0 Å². The maximum atomic E-state index is 12.4. The maximum absolute atomic E-state index is 12.4. The Morgan fingerprint density at radius 3 is 2.81 bits per heavy atom. The van der Waals surface area contributed by atoms with Gasteiger partial charge in [-0.05, 0) is 12.5 Å². The first-order valence-corrected chi connectivity index (χ1v) is 9.01. The lowest BCUT2D eigenvalue weighted by molar-refractivity contribution is 0.594. The standard InChI is InChI=1S/C12H19N5O2S2/c1-4-13-5-9-6-14-16-11(9)21(18,19)17-12-15-10(7-20-12)8(2)3/h6-8,13H,4-5H2,1-3H3,(H,14,16)(H,15,17). The molecule has 9 heteroatoms. The van der Waals surface area contributed by atoms with E-state index in [1.807, 2.05) is 26.2 Å². The highest BCUT2D eigenvalue weighted by molar-refractivity contribution is 7.92. The summed E-state index contributed by atoms with van der Waals surface area (Å²) in [4.78, 5) is 4.27. The zero-order chi connectivity index (χ0) is 15.5. The quantitative estimate of drug-likeness (QED) is 0.720. The summed E-state index contributed by atoms with van der Waals surface area (Å²) in [7, 11) is -3.70. The number of hydrogen-bond donors (Lipinski definition) is 3. The molecule has 0 aliphatic carbocycles. The molecule has 0 bridgehead atoms. The van der Waals surface area contributed by atoms with Crippen molar-refractivity contribution in [3.05, 3.63) is 22.8 Å². The summed E-state index contributed by atoms with van der Waals surface area (Å²) in [5.41, 5.74) is 1.47. The highest BCUT2D eigenvalue weighted by atomic mass is 32.2. The minimum atomic E-state index is -3.70. The first kappa shape index (κ1) is 15.9. The van der Waals surface area contributed by atoms with Crippen LogP contribution in [0, 0.1) is 0 Å². The molecule has 21 heavy (non-hydrogen) atoms. The van der Waals surface area contributed by atoms with Crippen molar-refractivity contribution in [3.63, 3.8) is 0 Å². The molecule has 0 amide bonds. The molecule has 0 saturated heterocycles. The maximum Gasteiger partial charge on any atom is 0.280 e. The first-order valence-electron chi connectivity index (χ1n) is 6.65. The third kappa shape index (κ3) is 3.80. The fraction of sp³-hybridized carbons (Fsp3) is 0.500. The Bertz CT molecular complexity index is 690. The molecule has 0 spiro atoms. The number of hydrogen-bond acceptors (Lipinski definition) is 6. The van der Waals surface area contributed by atoms with Crippen molar-refractivity contribution in [2.45, 2.75) is 38.3 Å². The van der Waals surface area contributed by atoms with Crippen LogP contribution in [-0.4, -0.2) is 30.1 Å². The Labute approximate surface area is 128 Å². The number of H-pyrrole nitrogens is 1. The molecule has 0 atom stereocenters. The molecule has 0 saturated carbocycles. The molecule has 7 nitrogen and oxygen atoms in total. The van der Waals surface area contributed by atoms with Crippen LogP contribution in [0.2, 0.25) is 0 Å². The summed E-state index contributed by atoms with van der Waals surface area (Å²) < 4.78 is 27.3. The van der Waals surface area contributed by atoms with Gasteiger partial charge in [-0.1, -0.05) is 20.8 Å². The molecule has 116 valence electrons. The molecule has 3 N–H and O–H groups in total. The van der Waals surface area contributed by atoms with Gasteiger partial charge in [-0.25, -0.2) is 4.98 Å². The molecule has 0 aromatic carbocycles. The Balaban J connectivity index is 2.19. The van der Waals surface area contributed by atoms with E-state index >= 15 is 0 Å². The highest BCUT2D eigenvalue weighted by Crippen LogP contribution is 2.24. The van der Waals surface area contributed by atoms with Gasteiger partial charge < -0.3 is 5.32 Å². The highest BCUT2D eigenvalue weighted by Gasteiger charge is 2.22. The second kappa shape index (κ2) is 6.54. The number of aromatic nitrogens is 3. The molecule has 2 aromatic heterocycles. The van der Waals surface area contributed by atoms with Gasteiger partial charge in [0.15, 0.2) is 10.2 Å². The molecular formula is C12H19N5O2S2. The van der Waals surface area contributed by atoms with Crippen LogP contribution in [0.1, 0.15) is 37.9 Å². The topological polar surface area (TPSA) is 99.8 Å². The van der Waals surface area contributed by atoms with Crippen molar-refractivity contribution < 1.29 is 8.42 Å². The largest absolute Gasteiger partial charge is 0.313 e. The van der Waals surface area contributed by atoms with Crippen LogP contribution >= 0.6 is 11.3 Å². The zero-order valence-corrected chi connectivity index (χ0v) is 13.8. The van der Waals surface area contributed by atoms with Crippen molar-refractivity contribution in [1.82, 2.24) is 20.5 Å². The van der Waals surface area contributed by atoms with Crippen molar-refractivity contribution in [2.75, 3.05) is 11.3 Å². The third-order valence-corrected chi connectivity index (χ3v) is 5.11. The molecular weight excluding hydrogens is 310 g/mol. The minimum Gasteiger partial charge on any atom is -0.313 e. The van der Waals surface area contributed by atoms with Crippen molar-refractivity contribution in [1.29, 1.82) is 0 Å². The lowest BCUT2D eigenvalue weighted by Crippen LogP contribution is -2.18. The second-order valence-electron chi connectivity index (χ2n) is 4.84. The zero-order valence-electron chi connectivity index (χ0n) is 12.2. The van der Waals surface area contributed by atoms with Gasteiger partial charge in [-0.2, -0.15) is 13.5 Å². The van der Waals surface area contributed by atoms with E-state index in [-0.39, 0.29) is 10.9 Å². The fourth-order valence-electron chi connectivity index (χ4n) is 1.68. The van der Waals surface area contributed by atoms with Gasteiger partial charge in [0.1, 0.15) is 0 Å². The van der Waals surface area contributed by atoms with Crippen LogP contribution in [0.15, 0.2) is 16.6 Å². The van der Waals surface area contributed by atoms with E-state index in [0.717, 1.165) is 12.2 Å². The lowest BCUT2D eigenvalue weighted by atomic mass is 10.2. The van der Waals surface area contributed by atoms with Crippen molar-refractivity contribution in [3.8, 4) is 0 Å². The Hall–Kier alpha value is -1.45. The SMILES string of the molecule is CCNCc1cn[nH]c1S(=O)(=O)Nc1nc(C(C)C)cs1. The number of nitrogens with zero attached hydrogens (tertiary/aromatic N) is 2. The van der Waals surface area contributed by atoms with E-state index in [0.29, 0.717) is 17.2 Å². The van der Waals surface area contributed by atoms with E-state index in [4.69, 9.17) is 0 Å². The Morgan fingerprint density at radius 1 is 1.43 bits per heavy atom. The summed E-state index contributed by atoms with van der Waals surface area (Å²) in [5.74, 6) is 0.260. The average molecular weight is 329 g/mol. The van der Waals surface area contributed by atoms with Crippen LogP contribution in [0.25, 0.3) is 0 Å². The van der Waals surface area contributed by atoms with Gasteiger partial charge in [-0.3, -0.25) is 9.82 Å². The number of anilines is 1. The third-order valence-electron chi connectivity index (χ3n) is 2.85. The average Bonchev–Trinajstić information content (AvgIpc) is 3.04. The lowest BCUT2D eigenvalue weighted by Gasteiger charge is -2.06. The molecule has 0 aliphatic rings. The molecule has 2 aromatic rings. The van der Waals surface area contributed by atoms with Gasteiger partial charge in [0.2, 0.25) is 0 Å². The Morgan fingerprint density at radius 2 is 2.19 bits per heavy atom. The summed E-state index contributed by atoms with van der Waals surface area (Å²) in [6.07, 6.45) is 1.51. The normalized spacial score (nSPS) is 12.0. The molecule has 2 rings (SSSR count). The van der Waals surface area contributed by atoms with E-state index in [9.17, 15) is 8.42 Å². The Kier molecular flexibility index (Phi) is 4.96. The minimum absolute atomic E-state index is 0.0738. The molecule has 0 aliphatic heterocycles. The van der Waals surface area contributed by atoms with Crippen molar-refractivity contribution >= 4 is 26.5 Å².